The van der Waals surface area contributed by atoms with Crippen molar-refractivity contribution >= 4 is 0 Å². The molecule has 110 valence electrons. The van der Waals surface area contributed by atoms with Crippen LogP contribution in [0.4, 0.5) is 8.78 Å². The van der Waals surface area contributed by atoms with Gasteiger partial charge in [-0.05, 0) is 31.9 Å². The van der Waals surface area contributed by atoms with Gasteiger partial charge >= 0.3 is 6.61 Å². The number of hydrogen-bond donors (Lipinski definition) is 1. The molecule has 1 rings (SSSR count). The van der Waals surface area contributed by atoms with Gasteiger partial charge in [0.15, 0.2) is 0 Å². The number of halogens is 2. The van der Waals surface area contributed by atoms with Gasteiger partial charge in [-0.3, -0.25) is 0 Å². The van der Waals surface area contributed by atoms with E-state index in [-0.39, 0.29) is 11.8 Å². The Bertz CT molecular complexity index is 429. The Morgan fingerprint density at radius 3 is 2.75 bits per heavy atom. The van der Waals surface area contributed by atoms with Crippen molar-refractivity contribution < 1.29 is 13.5 Å². The third kappa shape index (κ3) is 5.58. The molecule has 1 atom stereocenters. The van der Waals surface area contributed by atoms with E-state index in [1.807, 2.05) is 12.1 Å². The lowest BCUT2D eigenvalue weighted by molar-refractivity contribution is -0.0507. The molecule has 0 heterocycles. The molecule has 1 aromatic rings. The van der Waals surface area contributed by atoms with Gasteiger partial charge in [0.2, 0.25) is 0 Å². The van der Waals surface area contributed by atoms with Crippen LogP contribution in [0.3, 0.4) is 0 Å². The van der Waals surface area contributed by atoms with E-state index >= 15 is 0 Å². The maximum absolute atomic E-state index is 12.5. The minimum atomic E-state index is -2.81. The van der Waals surface area contributed by atoms with Gasteiger partial charge in [0.1, 0.15) is 5.75 Å². The second-order valence-electron chi connectivity index (χ2n) is 4.52. The van der Waals surface area contributed by atoms with E-state index in [9.17, 15) is 8.78 Å². The van der Waals surface area contributed by atoms with Crippen LogP contribution in [0.5, 0.6) is 5.75 Å². The summed E-state index contributed by atoms with van der Waals surface area (Å²) < 4.78 is 29.5. The number of nitrogens with one attached hydrogen (secondary N) is 1. The van der Waals surface area contributed by atoms with E-state index < -0.39 is 6.61 Å². The molecule has 20 heavy (non-hydrogen) atoms. The van der Waals surface area contributed by atoms with Crippen LogP contribution in [0, 0.1) is 12.3 Å². The highest BCUT2D eigenvalue weighted by Gasteiger charge is 2.17. The van der Waals surface area contributed by atoms with Crippen molar-refractivity contribution in [3.8, 4) is 18.1 Å². The summed E-state index contributed by atoms with van der Waals surface area (Å²) in [5.41, 5.74) is 0.762. The highest BCUT2D eigenvalue weighted by Crippen LogP contribution is 2.29. The number of rotatable bonds is 9. The van der Waals surface area contributed by atoms with Crippen LogP contribution in [-0.2, 0) is 0 Å². The van der Waals surface area contributed by atoms with E-state index in [1.54, 1.807) is 12.1 Å². The summed E-state index contributed by atoms with van der Waals surface area (Å²) >= 11 is 0. The normalized spacial score (nSPS) is 12.2. The van der Waals surface area contributed by atoms with Crippen LogP contribution >= 0.6 is 0 Å². The summed E-state index contributed by atoms with van der Waals surface area (Å²) in [5.74, 6) is 2.83. The fraction of sp³-hybridized carbons (Fsp3) is 0.500. The minimum Gasteiger partial charge on any atom is -0.434 e. The van der Waals surface area contributed by atoms with Gasteiger partial charge in [-0.25, -0.2) is 0 Å². The first kappa shape index (κ1) is 16.5. The Hall–Kier alpha value is -1.60. The molecular weight excluding hydrogens is 260 g/mol. The molecule has 1 unspecified atom stereocenters. The van der Waals surface area contributed by atoms with Crippen molar-refractivity contribution in [2.75, 3.05) is 6.54 Å². The van der Waals surface area contributed by atoms with E-state index in [0.717, 1.165) is 31.4 Å². The lowest BCUT2D eigenvalue weighted by Crippen LogP contribution is -2.23. The molecule has 1 N–H and O–H groups in total. The molecule has 0 fully saturated rings. The number of alkyl halides is 2. The van der Waals surface area contributed by atoms with Crippen molar-refractivity contribution in [3.05, 3.63) is 29.8 Å². The molecule has 0 radical (unpaired) electrons. The average Bonchev–Trinajstić information content (AvgIpc) is 2.43. The van der Waals surface area contributed by atoms with Gasteiger partial charge in [0.25, 0.3) is 0 Å². The summed E-state index contributed by atoms with van der Waals surface area (Å²) in [6.45, 7) is 0.0743. The quantitative estimate of drug-likeness (QED) is 0.543. The Kier molecular flexibility index (Phi) is 7.67. The standard InChI is InChI=1S/C16H21F2NO/c1-3-5-6-10-14(19-12-4-2)13-9-7-8-11-15(13)20-16(17)18/h1,7-9,11,14,16,19H,4-6,10,12H2,2H3. The maximum Gasteiger partial charge on any atom is 0.387 e. The van der Waals surface area contributed by atoms with E-state index in [2.05, 4.69) is 22.9 Å². The van der Waals surface area contributed by atoms with E-state index in [4.69, 9.17) is 6.42 Å². The first-order valence-electron chi connectivity index (χ1n) is 6.89. The van der Waals surface area contributed by atoms with Crippen molar-refractivity contribution in [3.63, 3.8) is 0 Å². The van der Waals surface area contributed by atoms with Crippen LogP contribution in [0.15, 0.2) is 24.3 Å². The second-order valence-corrected chi connectivity index (χ2v) is 4.52. The van der Waals surface area contributed by atoms with Crippen LogP contribution in [0.2, 0.25) is 0 Å². The monoisotopic (exact) mass is 281 g/mol. The molecule has 0 spiro atoms. The minimum absolute atomic E-state index is 0.0155. The fourth-order valence-electron chi connectivity index (χ4n) is 2.07. The van der Waals surface area contributed by atoms with E-state index in [1.165, 1.54) is 0 Å². The molecule has 2 nitrogen and oxygen atoms in total. The number of unbranched alkanes of at least 4 members (excludes halogenated alkanes) is 1. The van der Waals surface area contributed by atoms with Gasteiger partial charge in [0.05, 0.1) is 0 Å². The average molecular weight is 281 g/mol. The molecule has 0 bridgehead atoms. The number of benzene rings is 1. The molecule has 0 aliphatic carbocycles. The van der Waals surface area contributed by atoms with Gasteiger partial charge in [-0.2, -0.15) is 8.78 Å². The van der Waals surface area contributed by atoms with Gasteiger partial charge in [0, 0.05) is 18.0 Å². The number of hydrogen-bond acceptors (Lipinski definition) is 2. The van der Waals surface area contributed by atoms with Crippen LogP contribution in [0.25, 0.3) is 0 Å². The van der Waals surface area contributed by atoms with E-state index in [0.29, 0.717) is 6.42 Å². The number of ether oxygens (including phenoxy) is 1. The highest BCUT2D eigenvalue weighted by molar-refractivity contribution is 5.36. The molecule has 0 aliphatic rings. The molecule has 0 saturated heterocycles. The Morgan fingerprint density at radius 2 is 2.10 bits per heavy atom. The van der Waals surface area contributed by atoms with Crippen molar-refractivity contribution in [2.24, 2.45) is 0 Å². The molecular formula is C16H21F2NO. The summed E-state index contributed by atoms with van der Waals surface area (Å²) in [6.07, 6.45) is 8.56. The molecule has 0 aromatic heterocycles. The third-order valence-electron chi connectivity index (χ3n) is 2.97. The smallest absolute Gasteiger partial charge is 0.387 e. The summed E-state index contributed by atoms with van der Waals surface area (Å²) in [6, 6.07) is 6.90. The lowest BCUT2D eigenvalue weighted by Gasteiger charge is -2.21. The largest absolute Gasteiger partial charge is 0.434 e. The predicted molar refractivity (Wildman–Crippen MR) is 76.8 cm³/mol. The molecule has 0 saturated carbocycles. The summed E-state index contributed by atoms with van der Waals surface area (Å²) in [5, 5.41) is 3.36. The van der Waals surface area contributed by atoms with Crippen LogP contribution < -0.4 is 10.1 Å². The number of terminal acetylenes is 1. The summed E-state index contributed by atoms with van der Waals surface area (Å²) in [7, 11) is 0. The Labute approximate surface area is 119 Å². The second kappa shape index (κ2) is 9.33. The molecule has 0 aliphatic heterocycles. The zero-order chi connectivity index (χ0) is 14.8. The first-order valence-corrected chi connectivity index (χ1v) is 6.89. The van der Waals surface area contributed by atoms with Crippen molar-refractivity contribution in [1.82, 2.24) is 5.32 Å². The molecule has 4 heteroatoms. The van der Waals surface area contributed by atoms with Crippen LogP contribution in [0.1, 0.15) is 44.2 Å². The Morgan fingerprint density at radius 1 is 1.35 bits per heavy atom. The van der Waals surface area contributed by atoms with Crippen LogP contribution in [-0.4, -0.2) is 13.2 Å². The first-order chi connectivity index (χ1) is 9.69. The SMILES string of the molecule is C#CCCCC(NCCC)c1ccccc1OC(F)F. The Balaban J connectivity index is 2.84. The molecule has 1 aromatic carbocycles. The van der Waals surface area contributed by atoms with Gasteiger partial charge in [-0.1, -0.05) is 25.1 Å². The predicted octanol–water partition coefficient (Wildman–Crippen LogP) is 4.13. The fourth-order valence-corrected chi connectivity index (χ4v) is 2.07. The molecule has 0 amide bonds. The van der Waals surface area contributed by atoms with Gasteiger partial charge in [-0.15, -0.1) is 12.3 Å². The lowest BCUT2D eigenvalue weighted by atomic mass is 10.00. The zero-order valence-electron chi connectivity index (χ0n) is 11.7. The highest BCUT2D eigenvalue weighted by atomic mass is 19.3. The topological polar surface area (TPSA) is 21.3 Å². The third-order valence-corrected chi connectivity index (χ3v) is 2.97. The summed E-state index contributed by atoms with van der Waals surface area (Å²) in [4.78, 5) is 0. The van der Waals surface area contributed by atoms with Crippen molar-refractivity contribution in [2.45, 2.75) is 45.3 Å². The number of para-hydroxylation sites is 1. The zero-order valence-corrected chi connectivity index (χ0v) is 11.7. The van der Waals surface area contributed by atoms with Gasteiger partial charge < -0.3 is 10.1 Å². The van der Waals surface area contributed by atoms with Crippen molar-refractivity contribution in [1.29, 1.82) is 0 Å². The maximum atomic E-state index is 12.5.